The van der Waals surface area contributed by atoms with E-state index < -0.39 is 0 Å². The minimum absolute atomic E-state index is 0.0462. The van der Waals surface area contributed by atoms with Gasteiger partial charge in [-0.2, -0.15) is 0 Å². The molecule has 2 aromatic carbocycles. The molecule has 2 aromatic heterocycles. The van der Waals surface area contributed by atoms with Crippen LogP contribution < -0.4 is 0 Å². The van der Waals surface area contributed by atoms with E-state index in [1.54, 1.807) is 17.6 Å². The highest BCUT2D eigenvalue weighted by Crippen LogP contribution is 2.32. The first-order chi connectivity index (χ1) is 11.7. The Morgan fingerprint density at radius 2 is 1.88 bits per heavy atom. The zero-order valence-electron chi connectivity index (χ0n) is 13.0. The van der Waals surface area contributed by atoms with Gasteiger partial charge in [0.2, 0.25) is 0 Å². The SMILES string of the molecule is CCOC(=O)Cn1c2nc3ccccc3nc2c2cccc(Cl)c21. The number of esters is 1. The van der Waals surface area contributed by atoms with Crippen LogP contribution in [0.2, 0.25) is 5.02 Å². The predicted octanol–water partition coefficient (Wildman–Crippen LogP) is 3.95. The number of para-hydroxylation sites is 3. The van der Waals surface area contributed by atoms with Gasteiger partial charge in [0.25, 0.3) is 0 Å². The topological polar surface area (TPSA) is 57.0 Å². The number of rotatable bonds is 3. The highest BCUT2D eigenvalue weighted by molar-refractivity contribution is 6.36. The van der Waals surface area contributed by atoms with Crippen LogP contribution in [0, 0.1) is 0 Å². The van der Waals surface area contributed by atoms with Crippen LogP contribution >= 0.6 is 11.6 Å². The minimum atomic E-state index is -0.328. The average Bonchev–Trinajstić information content (AvgIpc) is 2.88. The molecule has 0 saturated heterocycles. The van der Waals surface area contributed by atoms with E-state index >= 15 is 0 Å². The summed E-state index contributed by atoms with van der Waals surface area (Å²) in [5, 5.41) is 1.43. The van der Waals surface area contributed by atoms with Gasteiger partial charge in [-0.25, -0.2) is 9.97 Å². The zero-order valence-corrected chi connectivity index (χ0v) is 13.7. The van der Waals surface area contributed by atoms with Crippen molar-refractivity contribution in [1.29, 1.82) is 0 Å². The fraction of sp³-hybridized carbons (Fsp3) is 0.167. The fourth-order valence-electron chi connectivity index (χ4n) is 2.94. The van der Waals surface area contributed by atoms with Crippen molar-refractivity contribution in [2.24, 2.45) is 0 Å². The Morgan fingerprint density at radius 1 is 1.12 bits per heavy atom. The third-order valence-corrected chi connectivity index (χ3v) is 4.22. The van der Waals surface area contributed by atoms with Crippen LogP contribution in [0.4, 0.5) is 0 Å². The van der Waals surface area contributed by atoms with E-state index in [4.69, 9.17) is 26.3 Å². The second-order valence-electron chi connectivity index (χ2n) is 5.41. The molecule has 0 bridgehead atoms. The van der Waals surface area contributed by atoms with Crippen LogP contribution in [0.5, 0.6) is 0 Å². The molecule has 0 N–H and O–H groups in total. The molecule has 0 radical (unpaired) electrons. The van der Waals surface area contributed by atoms with Gasteiger partial charge in [0.05, 0.1) is 28.2 Å². The van der Waals surface area contributed by atoms with Gasteiger partial charge >= 0.3 is 5.97 Å². The molecular weight excluding hydrogens is 326 g/mol. The van der Waals surface area contributed by atoms with E-state index in [2.05, 4.69) is 0 Å². The van der Waals surface area contributed by atoms with Crippen LogP contribution in [0.3, 0.4) is 0 Å². The van der Waals surface area contributed by atoms with Crippen LogP contribution in [-0.4, -0.2) is 27.1 Å². The Labute approximate surface area is 142 Å². The summed E-state index contributed by atoms with van der Waals surface area (Å²) in [6.07, 6.45) is 0. The predicted molar refractivity (Wildman–Crippen MR) is 94.2 cm³/mol. The van der Waals surface area contributed by atoms with E-state index in [1.165, 1.54) is 0 Å². The van der Waals surface area contributed by atoms with Crippen LogP contribution in [0.15, 0.2) is 42.5 Å². The number of hydrogen-bond donors (Lipinski definition) is 0. The Balaban J connectivity index is 2.08. The van der Waals surface area contributed by atoms with E-state index in [0.717, 1.165) is 27.5 Å². The third-order valence-electron chi connectivity index (χ3n) is 3.91. The lowest BCUT2D eigenvalue weighted by molar-refractivity contribution is -0.143. The maximum atomic E-state index is 12.0. The lowest BCUT2D eigenvalue weighted by atomic mass is 10.2. The molecule has 120 valence electrons. The number of benzene rings is 2. The van der Waals surface area contributed by atoms with Gasteiger partial charge in [0.15, 0.2) is 5.65 Å². The standard InChI is InChI=1S/C18H14ClN3O2/c1-2-24-15(23)10-22-17-11(6-5-7-12(17)19)16-18(22)21-14-9-4-3-8-13(14)20-16/h3-9H,2,10H2,1H3. The molecule has 4 rings (SSSR count). The number of aromatic nitrogens is 3. The molecule has 0 fully saturated rings. The summed E-state index contributed by atoms with van der Waals surface area (Å²) in [5.41, 5.74) is 3.69. The molecule has 0 aliphatic heterocycles. The summed E-state index contributed by atoms with van der Waals surface area (Å²) in [4.78, 5) is 21.5. The van der Waals surface area contributed by atoms with Crippen molar-refractivity contribution in [3.05, 3.63) is 47.5 Å². The molecule has 0 aliphatic rings. The first kappa shape index (κ1) is 14.9. The van der Waals surface area contributed by atoms with Gasteiger partial charge in [-0.3, -0.25) is 4.79 Å². The quantitative estimate of drug-likeness (QED) is 0.530. The van der Waals surface area contributed by atoms with Gasteiger partial charge in [0.1, 0.15) is 12.1 Å². The maximum absolute atomic E-state index is 12.0. The summed E-state index contributed by atoms with van der Waals surface area (Å²) in [6, 6.07) is 13.3. The highest BCUT2D eigenvalue weighted by atomic mass is 35.5. The first-order valence-electron chi connectivity index (χ1n) is 7.68. The molecule has 0 spiro atoms. The molecule has 0 aliphatic carbocycles. The number of carbonyl (C=O) groups is 1. The fourth-order valence-corrected chi connectivity index (χ4v) is 3.21. The first-order valence-corrected chi connectivity index (χ1v) is 8.05. The second-order valence-corrected chi connectivity index (χ2v) is 5.82. The van der Waals surface area contributed by atoms with Gasteiger partial charge in [-0.05, 0) is 25.1 Å². The lowest BCUT2D eigenvalue weighted by Crippen LogP contribution is -2.13. The molecule has 24 heavy (non-hydrogen) atoms. The van der Waals surface area contributed by atoms with Crippen molar-refractivity contribution in [1.82, 2.24) is 14.5 Å². The molecule has 0 saturated carbocycles. The molecule has 2 heterocycles. The normalized spacial score (nSPS) is 11.4. The molecular formula is C18H14ClN3O2. The summed E-state index contributed by atoms with van der Waals surface area (Å²) in [6.45, 7) is 2.16. The largest absolute Gasteiger partial charge is 0.465 e. The van der Waals surface area contributed by atoms with Crippen molar-refractivity contribution in [2.75, 3.05) is 6.61 Å². The summed E-state index contributed by atoms with van der Waals surface area (Å²) >= 11 is 6.40. The molecule has 0 unspecified atom stereocenters. The number of halogens is 1. The van der Waals surface area contributed by atoms with Gasteiger partial charge in [-0.1, -0.05) is 35.9 Å². The Kier molecular flexibility index (Phi) is 3.58. The second kappa shape index (κ2) is 5.76. The molecule has 5 nitrogen and oxygen atoms in total. The smallest absolute Gasteiger partial charge is 0.326 e. The van der Waals surface area contributed by atoms with E-state index in [9.17, 15) is 4.79 Å². The minimum Gasteiger partial charge on any atom is -0.465 e. The molecule has 6 heteroatoms. The lowest BCUT2D eigenvalue weighted by Gasteiger charge is -2.07. The number of carbonyl (C=O) groups excluding carboxylic acids is 1. The number of nitrogens with zero attached hydrogens (tertiary/aromatic N) is 3. The van der Waals surface area contributed by atoms with Crippen LogP contribution in [0.1, 0.15) is 6.92 Å². The van der Waals surface area contributed by atoms with Gasteiger partial charge in [0, 0.05) is 5.39 Å². The Hall–Kier alpha value is -2.66. The molecule has 4 aromatic rings. The van der Waals surface area contributed by atoms with Crippen LogP contribution in [0.25, 0.3) is 33.1 Å². The van der Waals surface area contributed by atoms with Crippen molar-refractivity contribution < 1.29 is 9.53 Å². The number of fused-ring (bicyclic) bond motifs is 4. The number of hydrogen-bond acceptors (Lipinski definition) is 4. The van der Waals surface area contributed by atoms with Crippen molar-refractivity contribution >= 4 is 50.7 Å². The van der Waals surface area contributed by atoms with Gasteiger partial charge in [-0.15, -0.1) is 0 Å². The molecule has 0 atom stereocenters. The highest BCUT2D eigenvalue weighted by Gasteiger charge is 2.18. The zero-order chi connectivity index (χ0) is 16.7. The summed E-state index contributed by atoms with van der Waals surface area (Å²) in [7, 11) is 0. The van der Waals surface area contributed by atoms with E-state index in [0.29, 0.717) is 17.3 Å². The summed E-state index contributed by atoms with van der Waals surface area (Å²) < 4.78 is 6.87. The Bertz CT molecular complexity index is 1090. The van der Waals surface area contributed by atoms with E-state index in [1.807, 2.05) is 36.4 Å². The van der Waals surface area contributed by atoms with Crippen molar-refractivity contribution in [3.63, 3.8) is 0 Å². The number of ether oxygens (including phenoxy) is 1. The summed E-state index contributed by atoms with van der Waals surface area (Å²) in [5.74, 6) is -0.328. The monoisotopic (exact) mass is 339 g/mol. The maximum Gasteiger partial charge on any atom is 0.326 e. The van der Waals surface area contributed by atoms with Crippen molar-refractivity contribution in [2.45, 2.75) is 13.5 Å². The molecule has 0 amide bonds. The van der Waals surface area contributed by atoms with Crippen LogP contribution in [-0.2, 0) is 16.1 Å². The van der Waals surface area contributed by atoms with E-state index in [-0.39, 0.29) is 12.5 Å². The van der Waals surface area contributed by atoms with Gasteiger partial charge < -0.3 is 9.30 Å². The van der Waals surface area contributed by atoms with Crippen molar-refractivity contribution in [3.8, 4) is 0 Å². The average molecular weight is 340 g/mol. The Morgan fingerprint density at radius 3 is 2.62 bits per heavy atom. The third kappa shape index (κ3) is 2.29.